The molecule has 1 fully saturated rings. The van der Waals surface area contributed by atoms with E-state index in [2.05, 4.69) is 15.6 Å². The molecule has 1 aliphatic rings. The highest BCUT2D eigenvalue weighted by Crippen LogP contribution is 2.25. The summed E-state index contributed by atoms with van der Waals surface area (Å²) in [6.07, 6.45) is 1.91. The van der Waals surface area contributed by atoms with E-state index in [0.717, 1.165) is 21.3 Å². The second-order valence-corrected chi connectivity index (χ2v) is 11.5. The number of likely N-dealkylation sites (N-methyl/N-ethyl adjacent to an activating group) is 1. The SMILES string of the molecule is CN[C@H](Cc1ccccc1)C(=O)N1CCC[C@H]1C(=O)N[C@H](Cc1cccc(C(=N)N)c1)C(=O)c1nc2ccccc2s1. The summed E-state index contributed by atoms with van der Waals surface area (Å²) in [5, 5.41) is 14.2. The number of amidine groups is 1. The molecule has 10 heteroatoms. The van der Waals surface area contributed by atoms with Crippen molar-refractivity contribution >= 4 is 45.0 Å². The van der Waals surface area contributed by atoms with Crippen molar-refractivity contribution < 1.29 is 14.4 Å². The topological polar surface area (TPSA) is 141 Å². The number of aromatic nitrogens is 1. The number of carbonyl (C=O) groups excluding carboxylic acids is 3. The number of para-hydroxylation sites is 1. The van der Waals surface area contributed by atoms with Crippen molar-refractivity contribution in [3.63, 3.8) is 0 Å². The lowest BCUT2D eigenvalue weighted by molar-refractivity contribution is -0.140. The number of ketones is 1. The van der Waals surface area contributed by atoms with Gasteiger partial charge in [-0.15, -0.1) is 11.3 Å². The first-order valence-corrected chi connectivity index (χ1v) is 14.8. The highest BCUT2D eigenvalue weighted by Gasteiger charge is 2.38. The standard InChI is InChI=1S/C32H34N6O3S/c1-35-25(18-20-9-3-2-4-10-20)32(41)38-16-8-14-26(38)30(40)36-24(19-21-11-7-12-22(17-21)29(33)34)28(39)31-37-23-13-5-6-15-27(23)42-31/h2-7,9-13,15,17,24-26,35H,8,14,16,18-19H2,1H3,(H3,33,34)(H,36,40)/t24-,25-,26+/m1/s1. The Labute approximate surface area is 248 Å². The first kappa shape index (κ1) is 29.1. The number of fused-ring (bicyclic) bond motifs is 1. The molecule has 0 radical (unpaired) electrons. The fourth-order valence-corrected chi connectivity index (χ4v) is 6.33. The normalized spacial score (nSPS) is 16.2. The van der Waals surface area contributed by atoms with Crippen LogP contribution in [0.3, 0.4) is 0 Å². The molecule has 3 aromatic carbocycles. The minimum Gasteiger partial charge on any atom is -0.384 e. The number of rotatable bonds is 11. The molecular formula is C32H34N6O3S. The average Bonchev–Trinajstić information content (AvgIpc) is 3.67. The van der Waals surface area contributed by atoms with Crippen molar-refractivity contribution in [2.24, 2.45) is 5.73 Å². The third-order valence-electron chi connectivity index (χ3n) is 7.58. The maximum atomic E-state index is 13.8. The Morgan fingerprint density at radius 3 is 2.45 bits per heavy atom. The van der Waals surface area contributed by atoms with Crippen LogP contribution in [0.15, 0.2) is 78.9 Å². The smallest absolute Gasteiger partial charge is 0.243 e. The summed E-state index contributed by atoms with van der Waals surface area (Å²) < 4.78 is 0.883. The van der Waals surface area contributed by atoms with E-state index in [1.807, 2.05) is 60.7 Å². The van der Waals surface area contributed by atoms with Gasteiger partial charge in [0.25, 0.3) is 0 Å². The van der Waals surface area contributed by atoms with E-state index in [1.54, 1.807) is 30.1 Å². The molecule has 2 amide bonds. The van der Waals surface area contributed by atoms with Crippen molar-refractivity contribution in [2.45, 2.75) is 43.8 Å². The quantitative estimate of drug-likeness (QED) is 0.122. The molecule has 0 unspecified atom stereocenters. The van der Waals surface area contributed by atoms with Gasteiger partial charge < -0.3 is 21.3 Å². The third kappa shape index (κ3) is 6.56. The van der Waals surface area contributed by atoms with Crippen molar-refractivity contribution in [1.29, 1.82) is 5.41 Å². The molecule has 42 heavy (non-hydrogen) atoms. The monoisotopic (exact) mass is 582 g/mol. The summed E-state index contributed by atoms with van der Waals surface area (Å²) >= 11 is 1.29. The van der Waals surface area contributed by atoms with Crippen molar-refractivity contribution in [3.05, 3.63) is 101 Å². The zero-order valence-corrected chi connectivity index (χ0v) is 24.2. The van der Waals surface area contributed by atoms with Crippen molar-refractivity contribution in [2.75, 3.05) is 13.6 Å². The molecular weight excluding hydrogens is 548 g/mol. The summed E-state index contributed by atoms with van der Waals surface area (Å²) in [4.78, 5) is 47.4. The number of hydrogen-bond donors (Lipinski definition) is 4. The maximum Gasteiger partial charge on any atom is 0.243 e. The Bertz CT molecular complexity index is 1570. The van der Waals surface area contributed by atoms with Gasteiger partial charge in [0.2, 0.25) is 17.6 Å². The fraction of sp³-hybridized carbons (Fsp3) is 0.281. The van der Waals surface area contributed by atoms with Crippen LogP contribution in [0.5, 0.6) is 0 Å². The predicted octanol–water partition coefficient (Wildman–Crippen LogP) is 3.31. The van der Waals surface area contributed by atoms with Gasteiger partial charge in [0.1, 0.15) is 11.9 Å². The van der Waals surface area contributed by atoms with E-state index in [1.165, 1.54) is 11.3 Å². The van der Waals surface area contributed by atoms with Gasteiger partial charge in [0.15, 0.2) is 5.01 Å². The fourth-order valence-electron chi connectivity index (χ4n) is 5.37. The predicted molar refractivity (Wildman–Crippen MR) is 165 cm³/mol. The second kappa shape index (κ2) is 13.1. The Balaban J connectivity index is 1.37. The van der Waals surface area contributed by atoms with Crippen LogP contribution in [-0.4, -0.2) is 65.0 Å². The number of amides is 2. The Hall–Kier alpha value is -4.41. The van der Waals surface area contributed by atoms with Gasteiger partial charge >= 0.3 is 0 Å². The first-order chi connectivity index (χ1) is 20.3. The van der Waals surface area contributed by atoms with Crippen LogP contribution in [-0.2, 0) is 22.4 Å². The highest BCUT2D eigenvalue weighted by molar-refractivity contribution is 7.20. The molecule has 3 atom stereocenters. The van der Waals surface area contributed by atoms with Crippen LogP contribution >= 0.6 is 11.3 Å². The first-order valence-electron chi connectivity index (χ1n) is 14.0. The van der Waals surface area contributed by atoms with E-state index in [4.69, 9.17) is 11.1 Å². The number of hydrogen-bond acceptors (Lipinski definition) is 7. The minimum absolute atomic E-state index is 0.0790. The number of nitrogens with two attached hydrogens (primary N) is 1. The molecule has 4 aromatic rings. The molecule has 0 bridgehead atoms. The molecule has 1 saturated heterocycles. The average molecular weight is 583 g/mol. The molecule has 0 spiro atoms. The molecule has 1 aliphatic heterocycles. The number of likely N-dealkylation sites (tertiary alicyclic amines) is 1. The van der Waals surface area contributed by atoms with Gasteiger partial charge in [-0.2, -0.15) is 0 Å². The lowest BCUT2D eigenvalue weighted by Gasteiger charge is -2.29. The lowest BCUT2D eigenvalue weighted by atomic mass is 9.99. The van der Waals surface area contributed by atoms with E-state index >= 15 is 0 Å². The van der Waals surface area contributed by atoms with Crippen molar-refractivity contribution in [1.82, 2.24) is 20.5 Å². The Kier molecular flexibility index (Phi) is 9.04. The number of thiazole rings is 1. The number of nitrogen functional groups attached to an aromatic ring is 1. The summed E-state index contributed by atoms with van der Waals surface area (Å²) in [6, 6.07) is 22.3. The molecule has 5 rings (SSSR count). The van der Waals surface area contributed by atoms with E-state index in [9.17, 15) is 14.4 Å². The van der Waals surface area contributed by atoms with Crippen LogP contribution in [0.1, 0.15) is 39.3 Å². The number of benzene rings is 3. The Morgan fingerprint density at radius 2 is 1.71 bits per heavy atom. The molecule has 1 aromatic heterocycles. The molecule has 5 N–H and O–H groups in total. The minimum atomic E-state index is -0.915. The molecule has 0 saturated carbocycles. The van der Waals surface area contributed by atoms with Crippen LogP contribution in [0.25, 0.3) is 10.2 Å². The van der Waals surface area contributed by atoms with Gasteiger partial charge in [-0.25, -0.2) is 4.98 Å². The third-order valence-corrected chi connectivity index (χ3v) is 8.63. The van der Waals surface area contributed by atoms with Crippen LogP contribution in [0.2, 0.25) is 0 Å². The van der Waals surface area contributed by atoms with Gasteiger partial charge in [0, 0.05) is 18.5 Å². The largest absolute Gasteiger partial charge is 0.384 e. The number of nitrogens with zero attached hydrogens (tertiary/aromatic N) is 2. The Morgan fingerprint density at radius 1 is 1.00 bits per heavy atom. The highest BCUT2D eigenvalue weighted by atomic mass is 32.1. The van der Waals surface area contributed by atoms with Gasteiger partial charge in [-0.3, -0.25) is 19.8 Å². The van der Waals surface area contributed by atoms with Gasteiger partial charge in [0.05, 0.1) is 22.3 Å². The second-order valence-electron chi connectivity index (χ2n) is 10.5. The number of carbonyl (C=O) groups is 3. The number of nitrogens with one attached hydrogen (secondary N) is 3. The van der Waals surface area contributed by atoms with Crippen LogP contribution in [0, 0.1) is 5.41 Å². The summed E-state index contributed by atoms with van der Waals surface area (Å²) in [7, 11) is 1.75. The van der Waals surface area contributed by atoms with E-state index < -0.39 is 18.1 Å². The summed E-state index contributed by atoms with van der Waals surface area (Å²) in [5.74, 6) is -0.879. The maximum absolute atomic E-state index is 13.8. The van der Waals surface area contributed by atoms with Gasteiger partial charge in [-0.05, 0) is 55.6 Å². The van der Waals surface area contributed by atoms with Crippen molar-refractivity contribution in [3.8, 4) is 0 Å². The number of Topliss-reactive ketones (excluding diaryl/α,β-unsaturated/α-hetero) is 1. The molecule has 9 nitrogen and oxygen atoms in total. The summed E-state index contributed by atoms with van der Waals surface area (Å²) in [5.41, 5.74) is 8.73. The summed E-state index contributed by atoms with van der Waals surface area (Å²) in [6.45, 7) is 0.473. The van der Waals surface area contributed by atoms with E-state index in [0.29, 0.717) is 36.4 Å². The zero-order chi connectivity index (χ0) is 29.6. The zero-order valence-electron chi connectivity index (χ0n) is 23.4. The van der Waals surface area contributed by atoms with E-state index in [-0.39, 0.29) is 29.9 Å². The van der Waals surface area contributed by atoms with Crippen LogP contribution in [0.4, 0.5) is 0 Å². The lowest BCUT2D eigenvalue weighted by Crippen LogP contribution is -2.55. The van der Waals surface area contributed by atoms with Crippen LogP contribution < -0.4 is 16.4 Å². The molecule has 2 heterocycles. The molecule has 216 valence electrons. The van der Waals surface area contributed by atoms with Gasteiger partial charge in [-0.1, -0.05) is 60.7 Å². The molecule has 0 aliphatic carbocycles.